The average molecular weight is 196 g/mol. The fourth-order valence-electron chi connectivity index (χ4n) is 0.887. The van der Waals surface area contributed by atoms with Crippen molar-refractivity contribution in [1.29, 1.82) is 0 Å². The lowest BCUT2D eigenvalue weighted by Crippen LogP contribution is -2.06. The molecule has 0 aliphatic carbocycles. The number of rotatable bonds is 4. The molecule has 1 aromatic carbocycles. The highest BCUT2D eigenvalue weighted by atomic mass is 32.1. The first-order valence-corrected chi connectivity index (χ1v) is 4.81. The summed E-state index contributed by atoms with van der Waals surface area (Å²) in [7, 11) is 0. The number of hydrogen-bond acceptors (Lipinski definition) is 3. The molecule has 0 saturated carbocycles. The molecule has 0 aliphatic heterocycles. The van der Waals surface area contributed by atoms with E-state index in [0.717, 1.165) is 12.2 Å². The SMILES string of the molecule is O=C(OCCCS)c1ccccc1. The summed E-state index contributed by atoms with van der Waals surface area (Å²) in [5.74, 6) is 0.476. The molecule has 0 radical (unpaired) electrons. The molecule has 0 aliphatic rings. The van der Waals surface area contributed by atoms with Gasteiger partial charge in [-0.05, 0) is 24.3 Å². The monoisotopic (exact) mass is 196 g/mol. The number of esters is 1. The molecule has 70 valence electrons. The molecule has 0 spiro atoms. The van der Waals surface area contributed by atoms with E-state index in [1.165, 1.54) is 0 Å². The van der Waals surface area contributed by atoms with Crippen LogP contribution in [0.5, 0.6) is 0 Å². The van der Waals surface area contributed by atoms with Gasteiger partial charge >= 0.3 is 5.97 Å². The quantitative estimate of drug-likeness (QED) is 0.454. The molecule has 1 rings (SSSR count). The largest absolute Gasteiger partial charge is 0.462 e. The van der Waals surface area contributed by atoms with E-state index in [0.29, 0.717) is 12.2 Å². The summed E-state index contributed by atoms with van der Waals surface area (Å²) in [6.45, 7) is 0.442. The van der Waals surface area contributed by atoms with Gasteiger partial charge in [0.15, 0.2) is 0 Å². The first-order valence-electron chi connectivity index (χ1n) is 4.17. The highest BCUT2D eigenvalue weighted by molar-refractivity contribution is 7.80. The Morgan fingerprint density at radius 1 is 1.31 bits per heavy atom. The maximum atomic E-state index is 11.3. The second-order valence-corrected chi connectivity index (χ2v) is 3.03. The van der Waals surface area contributed by atoms with Crippen molar-refractivity contribution in [3.05, 3.63) is 35.9 Å². The van der Waals surface area contributed by atoms with Gasteiger partial charge in [-0.15, -0.1) is 0 Å². The number of carbonyl (C=O) groups excluding carboxylic acids is 1. The van der Waals surface area contributed by atoms with Crippen molar-refractivity contribution in [1.82, 2.24) is 0 Å². The fourth-order valence-corrected chi connectivity index (χ4v) is 1.02. The maximum absolute atomic E-state index is 11.3. The topological polar surface area (TPSA) is 26.3 Å². The molecule has 0 N–H and O–H groups in total. The summed E-state index contributed by atoms with van der Waals surface area (Å²) in [5, 5.41) is 0. The highest BCUT2D eigenvalue weighted by Gasteiger charge is 2.03. The summed E-state index contributed by atoms with van der Waals surface area (Å²) in [6, 6.07) is 8.97. The van der Waals surface area contributed by atoms with Crippen molar-refractivity contribution in [3.8, 4) is 0 Å². The Labute approximate surface area is 83.3 Å². The molecule has 13 heavy (non-hydrogen) atoms. The lowest BCUT2D eigenvalue weighted by atomic mass is 10.2. The molecule has 0 bridgehead atoms. The van der Waals surface area contributed by atoms with Crippen LogP contribution in [0.15, 0.2) is 30.3 Å². The van der Waals surface area contributed by atoms with Gasteiger partial charge in [0.05, 0.1) is 12.2 Å². The summed E-state index contributed by atoms with van der Waals surface area (Å²) in [6.07, 6.45) is 0.793. The number of hydrogen-bond donors (Lipinski definition) is 1. The highest BCUT2D eigenvalue weighted by Crippen LogP contribution is 2.01. The number of ether oxygens (including phenoxy) is 1. The summed E-state index contributed by atoms with van der Waals surface area (Å²) < 4.78 is 4.98. The predicted molar refractivity (Wildman–Crippen MR) is 55.2 cm³/mol. The van der Waals surface area contributed by atoms with E-state index in [9.17, 15) is 4.79 Å². The third kappa shape index (κ3) is 3.51. The van der Waals surface area contributed by atoms with E-state index in [4.69, 9.17) is 4.74 Å². The third-order valence-electron chi connectivity index (χ3n) is 1.55. The molecular formula is C10H12O2S. The molecule has 3 heteroatoms. The van der Waals surface area contributed by atoms with Gasteiger partial charge in [0.2, 0.25) is 0 Å². The second kappa shape index (κ2) is 5.65. The van der Waals surface area contributed by atoms with Crippen LogP contribution in [0.25, 0.3) is 0 Å². The number of thiol groups is 1. The molecule has 1 aromatic rings. The van der Waals surface area contributed by atoms with Crippen LogP contribution < -0.4 is 0 Å². The van der Waals surface area contributed by atoms with Gasteiger partial charge in [0, 0.05) is 0 Å². The zero-order valence-electron chi connectivity index (χ0n) is 7.27. The van der Waals surface area contributed by atoms with Crippen molar-refractivity contribution >= 4 is 18.6 Å². The van der Waals surface area contributed by atoms with E-state index in [2.05, 4.69) is 12.6 Å². The maximum Gasteiger partial charge on any atom is 0.338 e. The van der Waals surface area contributed by atoms with E-state index < -0.39 is 0 Å². The molecule has 0 fully saturated rings. The Balaban J connectivity index is 2.40. The Morgan fingerprint density at radius 2 is 2.00 bits per heavy atom. The van der Waals surface area contributed by atoms with Gasteiger partial charge in [-0.3, -0.25) is 0 Å². The number of carbonyl (C=O) groups is 1. The number of benzene rings is 1. The van der Waals surface area contributed by atoms with Crippen molar-refractivity contribution < 1.29 is 9.53 Å². The van der Waals surface area contributed by atoms with Crippen LogP contribution in [-0.2, 0) is 4.74 Å². The minimum atomic E-state index is -0.262. The van der Waals surface area contributed by atoms with Gasteiger partial charge in [-0.25, -0.2) is 4.79 Å². The fraction of sp³-hybridized carbons (Fsp3) is 0.300. The standard InChI is InChI=1S/C10H12O2S/c11-10(12-7-4-8-13)9-5-2-1-3-6-9/h1-3,5-6,13H,4,7-8H2. The smallest absolute Gasteiger partial charge is 0.338 e. The molecule has 0 amide bonds. The van der Waals surface area contributed by atoms with Crippen LogP contribution in [0, 0.1) is 0 Å². The average Bonchev–Trinajstić information content (AvgIpc) is 2.19. The van der Waals surface area contributed by atoms with Crippen LogP contribution in [0.1, 0.15) is 16.8 Å². The molecule has 0 aromatic heterocycles. The Morgan fingerprint density at radius 3 is 2.62 bits per heavy atom. The molecule has 0 heterocycles. The zero-order chi connectivity index (χ0) is 9.52. The van der Waals surface area contributed by atoms with Crippen LogP contribution in [0.3, 0.4) is 0 Å². The van der Waals surface area contributed by atoms with Crippen LogP contribution in [0.4, 0.5) is 0 Å². The van der Waals surface area contributed by atoms with E-state index in [1.54, 1.807) is 12.1 Å². The lowest BCUT2D eigenvalue weighted by Gasteiger charge is -2.02. The predicted octanol–water partition coefficient (Wildman–Crippen LogP) is 2.16. The van der Waals surface area contributed by atoms with E-state index in [-0.39, 0.29) is 5.97 Å². The molecule has 0 saturated heterocycles. The molecular weight excluding hydrogens is 184 g/mol. The van der Waals surface area contributed by atoms with Gasteiger partial charge in [0.25, 0.3) is 0 Å². The van der Waals surface area contributed by atoms with Crippen LogP contribution in [0.2, 0.25) is 0 Å². The summed E-state index contributed by atoms with van der Waals surface area (Å²) in [5.41, 5.74) is 0.599. The van der Waals surface area contributed by atoms with Crippen LogP contribution >= 0.6 is 12.6 Å². The molecule has 2 nitrogen and oxygen atoms in total. The van der Waals surface area contributed by atoms with Crippen LogP contribution in [-0.4, -0.2) is 18.3 Å². The van der Waals surface area contributed by atoms with Gasteiger partial charge in [0.1, 0.15) is 0 Å². The van der Waals surface area contributed by atoms with Crippen molar-refractivity contribution in [3.63, 3.8) is 0 Å². The minimum Gasteiger partial charge on any atom is -0.462 e. The first-order chi connectivity index (χ1) is 6.34. The lowest BCUT2D eigenvalue weighted by molar-refractivity contribution is 0.0506. The van der Waals surface area contributed by atoms with Crippen molar-refractivity contribution in [2.75, 3.05) is 12.4 Å². The Bertz CT molecular complexity index is 259. The van der Waals surface area contributed by atoms with E-state index in [1.807, 2.05) is 18.2 Å². The van der Waals surface area contributed by atoms with Crippen molar-refractivity contribution in [2.45, 2.75) is 6.42 Å². The van der Waals surface area contributed by atoms with Gasteiger partial charge in [-0.1, -0.05) is 18.2 Å². The first kappa shape index (κ1) is 10.1. The van der Waals surface area contributed by atoms with E-state index >= 15 is 0 Å². The minimum absolute atomic E-state index is 0.262. The molecule has 0 unspecified atom stereocenters. The zero-order valence-corrected chi connectivity index (χ0v) is 8.17. The van der Waals surface area contributed by atoms with Gasteiger partial charge in [-0.2, -0.15) is 12.6 Å². The summed E-state index contributed by atoms with van der Waals surface area (Å²) in [4.78, 5) is 11.3. The Hall–Kier alpha value is -0.960. The van der Waals surface area contributed by atoms with Crippen molar-refractivity contribution in [2.24, 2.45) is 0 Å². The second-order valence-electron chi connectivity index (χ2n) is 2.58. The molecule has 0 atom stereocenters. The van der Waals surface area contributed by atoms with Gasteiger partial charge < -0.3 is 4.74 Å². The normalized spacial score (nSPS) is 9.62. The third-order valence-corrected chi connectivity index (χ3v) is 1.86. The Kier molecular flexibility index (Phi) is 4.40. The summed E-state index contributed by atoms with van der Waals surface area (Å²) >= 11 is 4.02.